The molecule has 0 saturated carbocycles. The quantitative estimate of drug-likeness (QED) is 0.763. The largest absolute Gasteiger partial charge is 0.465 e. The van der Waals surface area contributed by atoms with Crippen molar-refractivity contribution < 1.29 is 13.9 Å². The second-order valence-electron chi connectivity index (χ2n) is 3.85. The molecule has 0 atom stereocenters. The van der Waals surface area contributed by atoms with E-state index in [9.17, 15) is 9.18 Å². The van der Waals surface area contributed by atoms with E-state index in [1.54, 1.807) is 0 Å². The number of pyridine rings is 1. The van der Waals surface area contributed by atoms with Crippen LogP contribution in [0, 0.1) is 12.7 Å². The van der Waals surface area contributed by atoms with Crippen molar-refractivity contribution in [2.75, 3.05) is 7.11 Å². The Morgan fingerprint density at radius 3 is 2.61 bits per heavy atom. The van der Waals surface area contributed by atoms with Crippen LogP contribution in [0.3, 0.4) is 0 Å². The maximum Gasteiger partial charge on any atom is 0.341 e. The minimum Gasteiger partial charge on any atom is -0.465 e. The molecular formula is C14H12FNO2. The van der Waals surface area contributed by atoms with Crippen molar-refractivity contribution in [3.05, 3.63) is 53.6 Å². The van der Waals surface area contributed by atoms with Gasteiger partial charge in [0.1, 0.15) is 5.56 Å². The first kappa shape index (κ1) is 12.2. The van der Waals surface area contributed by atoms with Gasteiger partial charge in [0.25, 0.3) is 0 Å². The van der Waals surface area contributed by atoms with Gasteiger partial charge in [-0.2, -0.15) is 0 Å². The molecule has 2 aromatic rings. The molecule has 0 aliphatic rings. The monoisotopic (exact) mass is 245 g/mol. The summed E-state index contributed by atoms with van der Waals surface area (Å²) in [7, 11) is 1.23. The van der Waals surface area contributed by atoms with E-state index in [1.807, 2.05) is 31.2 Å². The molecule has 0 radical (unpaired) electrons. The van der Waals surface area contributed by atoms with E-state index in [1.165, 1.54) is 13.3 Å². The van der Waals surface area contributed by atoms with E-state index in [0.717, 1.165) is 17.3 Å². The van der Waals surface area contributed by atoms with Crippen LogP contribution in [0.5, 0.6) is 0 Å². The number of aryl methyl sites for hydroxylation is 1. The lowest BCUT2D eigenvalue weighted by Gasteiger charge is -2.10. The zero-order valence-electron chi connectivity index (χ0n) is 10.1. The maximum atomic E-state index is 13.7. The van der Waals surface area contributed by atoms with Crippen LogP contribution in [0.15, 0.2) is 36.7 Å². The number of aromatic nitrogens is 1. The molecule has 0 aliphatic carbocycles. The van der Waals surface area contributed by atoms with Gasteiger partial charge in [-0.15, -0.1) is 0 Å². The van der Waals surface area contributed by atoms with Gasteiger partial charge in [-0.1, -0.05) is 24.3 Å². The summed E-state index contributed by atoms with van der Waals surface area (Å²) in [5.74, 6) is -1.38. The van der Waals surface area contributed by atoms with Crippen LogP contribution >= 0.6 is 0 Å². The van der Waals surface area contributed by atoms with Crippen molar-refractivity contribution in [3.8, 4) is 11.1 Å². The molecule has 0 amide bonds. The normalized spacial score (nSPS) is 10.2. The number of benzene rings is 1. The Labute approximate surface area is 104 Å². The predicted molar refractivity (Wildman–Crippen MR) is 65.7 cm³/mol. The third-order valence-corrected chi connectivity index (χ3v) is 2.72. The molecule has 0 saturated heterocycles. The number of carbonyl (C=O) groups excluding carboxylic acids is 1. The van der Waals surface area contributed by atoms with E-state index in [4.69, 9.17) is 0 Å². The fraction of sp³-hybridized carbons (Fsp3) is 0.143. The molecule has 1 aromatic heterocycles. The van der Waals surface area contributed by atoms with Crippen LogP contribution in [0.25, 0.3) is 11.1 Å². The smallest absolute Gasteiger partial charge is 0.341 e. The van der Waals surface area contributed by atoms with E-state index in [0.29, 0.717) is 5.56 Å². The third-order valence-electron chi connectivity index (χ3n) is 2.72. The van der Waals surface area contributed by atoms with Crippen LogP contribution in [-0.4, -0.2) is 18.1 Å². The Balaban J connectivity index is 2.69. The Bertz CT molecular complexity index is 596. The van der Waals surface area contributed by atoms with Gasteiger partial charge in [0.05, 0.1) is 13.3 Å². The van der Waals surface area contributed by atoms with E-state index in [2.05, 4.69) is 9.72 Å². The van der Waals surface area contributed by atoms with Crippen LogP contribution in [-0.2, 0) is 4.74 Å². The number of hydrogen-bond acceptors (Lipinski definition) is 3. The molecule has 1 heterocycles. The van der Waals surface area contributed by atoms with Gasteiger partial charge < -0.3 is 4.74 Å². The average Bonchev–Trinajstić information content (AvgIpc) is 2.38. The minimum absolute atomic E-state index is 0.0817. The first-order valence-electron chi connectivity index (χ1n) is 5.43. The minimum atomic E-state index is -0.701. The Morgan fingerprint density at radius 2 is 1.94 bits per heavy atom. The lowest BCUT2D eigenvalue weighted by atomic mass is 9.98. The number of methoxy groups -OCH3 is 1. The number of halogens is 1. The lowest BCUT2D eigenvalue weighted by molar-refractivity contribution is 0.0596. The van der Waals surface area contributed by atoms with Crippen molar-refractivity contribution in [1.82, 2.24) is 4.98 Å². The highest BCUT2D eigenvalue weighted by atomic mass is 19.1. The molecule has 0 fully saturated rings. The molecule has 3 nitrogen and oxygen atoms in total. The van der Waals surface area contributed by atoms with Crippen LogP contribution in [0.2, 0.25) is 0 Å². The number of esters is 1. The molecule has 0 N–H and O–H groups in total. The van der Waals surface area contributed by atoms with Crippen LogP contribution < -0.4 is 0 Å². The highest BCUT2D eigenvalue weighted by Crippen LogP contribution is 2.27. The van der Waals surface area contributed by atoms with E-state index < -0.39 is 11.8 Å². The standard InChI is InChI=1S/C14H12FNO2/c1-9-5-3-4-6-10(9)11-7-16-8-12(15)13(11)14(17)18-2/h3-8H,1-2H3. The molecule has 4 heteroatoms. The first-order chi connectivity index (χ1) is 8.65. The molecule has 0 bridgehead atoms. The number of hydrogen-bond donors (Lipinski definition) is 0. The first-order valence-corrected chi connectivity index (χ1v) is 5.43. The van der Waals surface area contributed by atoms with Gasteiger partial charge in [0.2, 0.25) is 0 Å². The van der Waals surface area contributed by atoms with Crippen molar-refractivity contribution in [3.63, 3.8) is 0 Å². The van der Waals surface area contributed by atoms with Crippen molar-refractivity contribution >= 4 is 5.97 Å². The molecule has 92 valence electrons. The zero-order chi connectivity index (χ0) is 13.1. The van der Waals surface area contributed by atoms with Gasteiger partial charge in [-0.3, -0.25) is 4.98 Å². The van der Waals surface area contributed by atoms with Crippen molar-refractivity contribution in [2.45, 2.75) is 6.92 Å². The number of ether oxygens (including phenoxy) is 1. The molecule has 2 rings (SSSR count). The summed E-state index contributed by atoms with van der Waals surface area (Å²) >= 11 is 0. The summed E-state index contributed by atoms with van der Waals surface area (Å²) in [5, 5.41) is 0. The third kappa shape index (κ3) is 2.09. The fourth-order valence-electron chi connectivity index (χ4n) is 1.82. The summed E-state index contributed by atoms with van der Waals surface area (Å²) in [5.41, 5.74) is 2.07. The predicted octanol–water partition coefficient (Wildman–Crippen LogP) is 2.98. The molecule has 0 unspecified atom stereocenters. The molecule has 18 heavy (non-hydrogen) atoms. The van der Waals surface area contributed by atoms with Crippen molar-refractivity contribution in [2.24, 2.45) is 0 Å². The van der Waals surface area contributed by atoms with Crippen LogP contribution in [0.1, 0.15) is 15.9 Å². The number of carbonyl (C=O) groups is 1. The van der Waals surface area contributed by atoms with Gasteiger partial charge in [0, 0.05) is 11.8 Å². The Morgan fingerprint density at radius 1 is 1.22 bits per heavy atom. The molecule has 0 spiro atoms. The highest BCUT2D eigenvalue weighted by Gasteiger charge is 2.19. The highest BCUT2D eigenvalue weighted by molar-refractivity contribution is 5.97. The SMILES string of the molecule is COC(=O)c1c(F)cncc1-c1ccccc1C. The van der Waals surface area contributed by atoms with Gasteiger partial charge in [-0.25, -0.2) is 9.18 Å². The zero-order valence-corrected chi connectivity index (χ0v) is 10.1. The average molecular weight is 245 g/mol. The van der Waals surface area contributed by atoms with Gasteiger partial charge in [-0.05, 0) is 18.1 Å². The van der Waals surface area contributed by atoms with E-state index in [-0.39, 0.29) is 5.56 Å². The maximum absolute atomic E-state index is 13.7. The summed E-state index contributed by atoms with van der Waals surface area (Å²) in [6.45, 7) is 1.89. The van der Waals surface area contributed by atoms with Crippen molar-refractivity contribution in [1.29, 1.82) is 0 Å². The summed E-state index contributed by atoms with van der Waals surface area (Å²) in [6.07, 6.45) is 2.48. The van der Waals surface area contributed by atoms with Gasteiger partial charge >= 0.3 is 5.97 Å². The topological polar surface area (TPSA) is 39.2 Å². The molecule has 1 aromatic carbocycles. The Kier molecular flexibility index (Phi) is 3.37. The second kappa shape index (κ2) is 4.96. The molecule has 0 aliphatic heterocycles. The Hall–Kier alpha value is -2.23. The summed E-state index contributed by atoms with van der Waals surface area (Å²) < 4.78 is 18.4. The number of rotatable bonds is 2. The summed E-state index contributed by atoms with van der Waals surface area (Å²) in [6, 6.07) is 7.41. The second-order valence-corrected chi connectivity index (χ2v) is 3.85. The lowest BCUT2D eigenvalue weighted by Crippen LogP contribution is -2.07. The molecular weight excluding hydrogens is 233 g/mol. The summed E-state index contributed by atoms with van der Waals surface area (Å²) in [4.78, 5) is 15.4. The number of nitrogens with zero attached hydrogens (tertiary/aromatic N) is 1. The van der Waals surface area contributed by atoms with Gasteiger partial charge in [0.15, 0.2) is 5.82 Å². The fourth-order valence-corrected chi connectivity index (χ4v) is 1.82. The van der Waals surface area contributed by atoms with E-state index >= 15 is 0 Å². The van der Waals surface area contributed by atoms with Crippen LogP contribution in [0.4, 0.5) is 4.39 Å².